The number of esters is 1. The molecule has 0 N–H and O–H groups in total. The second-order valence-electron chi connectivity index (χ2n) is 5.99. The summed E-state index contributed by atoms with van der Waals surface area (Å²) in [6.07, 6.45) is 1.55. The molecule has 0 atom stereocenters. The van der Waals surface area contributed by atoms with Crippen molar-refractivity contribution >= 4 is 5.97 Å². The minimum atomic E-state index is -0.279. The summed E-state index contributed by atoms with van der Waals surface area (Å²) in [7, 11) is 0. The molecule has 0 aliphatic carbocycles. The molecule has 0 unspecified atom stereocenters. The molecule has 3 nitrogen and oxygen atoms in total. The Balaban J connectivity index is 1.48. The van der Waals surface area contributed by atoms with Crippen LogP contribution >= 0.6 is 0 Å². The van der Waals surface area contributed by atoms with E-state index >= 15 is 0 Å². The monoisotopic (exact) mass is 346 g/mol. The number of ether oxygens (including phenoxy) is 2. The van der Waals surface area contributed by atoms with Crippen molar-refractivity contribution in [1.82, 2.24) is 0 Å². The van der Waals surface area contributed by atoms with Gasteiger partial charge in [-0.25, -0.2) is 4.79 Å². The smallest absolute Gasteiger partial charge is 0.338 e. The van der Waals surface area contributed by atoms with Crippen molar-refractivity contribution in [3.8, 4) is 5.75 Å². The third-order valence-electron chi connectivity index (χ3n) is 4.04. The summed E-state index contributed by atoms with van der Waals surface area (Å²) >= 11 is 0. The Bertz CT molecular complexity index is 813. The van der Waals surface area contributed by atoms with E-state index in [9.17, 15) is 4.79 Å². The summed E-state index contributed by atoms with van der Waals surface area (Å²) in [5.41, 5.74) is 2.84. The molecule has 0 amide bonds. The maximum Gasteiger partial charge on any atom is 0.338 e. The Morgan fingerprint density at radius 2 is 1.42 bits per heavy atom. The van der Waals surface area contributed by atoms with Crippen LogP contribution in [0.15, 0.2) is 84.9 Å². The van der Waals surface area contributed by atoms with Gasteiger partial charge in [0.2, 0.25) is 0 Å². The molecule has 3 heteroatoms. The van der Waals surface area contributed by atoms with Gasteiger partial charge in [-0.3, -0.25) is 0 Å². The number of hydrogen-bond acceptors (Lipinski definition) is 3. The summed E-state index contributed by atoms with van der Waals surface area (Å²) in [4.78, 5) is 11.9. The molecule has 26 heavy (non-hydrogen) atoms. The Labute approximate surface area is 154 Å². The van der Waals surface area contributed by atoms with E-state index in [0.29, 0.717) is 18.8 Å². The SMILES string of the molecule is O=C(OCCCc1ccccc1OCc1ccccc1)c1ccccc1. The second-order valence-corrected chi connectivity index (χ2v) is 5.99. The molecule has 3 rings (SSSR count). The molecule has 0 saturated heterocycles. The molecule has 0 aliphatic heterocycles. The van der Waals surface area contributed by atoms with E-state index < -0.39 is 0 Å². The van der Waals surface area contributed by atoms with Crippen molar-refractivity contribution < 1.29 is 14.3 Å². The highest BCUT2D eigenvalue weighted by atomic mass is 16.5. The van der Waals surface area contributed by atoms with Crippen LogP contribution in [0.25, 0.3) is 0 Å². The third-order valence-corrected chi connectivity index (χ3v) is 4.04. The van der Waals surface area contributed by atoms with Gasteiger partial charge in [0.25, 0.3) is 0 Å². The number of benzene rings is 3. The van der Waals surface area contributed by atoms with E-state index in [4.69, 9.17) is 9.47 Å². The summed E-state index contributed by atoms with van der Waals surface area (Å²) in [6.45, 7) is 0.932. The van der Waals surface area contributed by atoms with Crippen molar-refractivity contribution in [3.05, 3.63) is 102 Å². The molecular weight excluding hydrogens is 324 g/mol. The third kappa shape index (κ3) is 5.21. The fourth-order valence-corrected chi connectivity index (χ4v) is 2.67. The van der Waals surface area contributed by atoms with Crippen molar-refractivity contribution in [3.63, 3.8) is 0 Å². The predicted molar refractivity (Wildman–Crippen MR) is 102 cm³/mol. The lowest BCUT2D eigenvalue weighted by atomic mass is 10.1. The van der Waals surface area contributed by atoms with E-state index in [1.165, 1.54) is 0 Å². The quantitative estimate of drug-likeness (QED) is 0.423. The van der Waals surface area contributed by atoms with Gasteiger partial charge in [0.1, 0.15) is 12.4 Å². The van der Waals surface area contributed by atoms with Crippen LogP contribution in [0, 0.1) is 0 Å². The predicted octanol–water partition coefficient (Wildman–Crippen LogP) is 5.06. The summed E-state index contributed by atoms with van der Waals surface area (Å²) in [6, 6.07) is 27.2. The van der Waals surface area contributed by atoms with Gasteiger partial charge in [0.15, 0.2) is 0 Å². The van der Waals surface area contributed by atoms with Crippen LogP contribution in [0.3, 0.4) is 0 Å². The zero-order chi connectivity index (χ0) is 18.0. The first kappa shape index (κ1) is 17.7. The number of para-hydroxylation sites is 1. The lowest BCUT2D eigenvalue weighted by Gasteiger charge is -2.12. The van der Waals surface area contributed by atoms with Crippen molar-refractivity contribution in [2.24, 2.45) is 0 Å². The molecular formula is C23H22O3. The Kier molecular flexibility index (Phi) is 6.43. The van der Waals surface area contributed by atoms with E-state index in [1.54, 1.807) is 12.1 Å². The number of aryl methyl sites for hydroxylation is 1. The normalized spacial score (nSPS) is 10.3. The van der Waals surface area contributed by atoms with Crippen molar-refractivity contribution in [2.45, 2.75) is 19.4 Å². The lowest BCUT2D eigenvalue weighted by molar-refractivity contribution is 0.0500. The highest BCUT2D eigenvalue weighted by Gasteiger charge is 2.07. The molecule has 0 heterocycles. The maximum atomic E-state index is 11.9. The fourth-order valence-electron chi connectivity index (χ4n) is 2.67. The van der Waals surface area contributed by atoms with Crippen LogP contribution in [0.1, 0.15) is 27.9 Å². The molecule has 0 saturated carbocycles. The van der Waals surface area contributed by atoms with Gasteiger partial charge in [-0.1, -0.05) is 66.7 Å². The van der Waals surface area contributed by atoms with Gasteiger partial charge in [-0.05, 0) is 42.2 Å². The Morgan fingerprint density at radius 3 is 2.19 bits per heavy atom. The average Bonchev–Trinajstić information content (AvgIpc) is 2.71. The first-order valence-electron chi connectivity index (χ1n) is 8.80. The second kappa shape index (κ2) is 9.42. The largest absolute Gasteiger partial charge is 0.489 e. The molecule has 0 radical (unpaired) electrons. The van der Waals surface area contributed by atoms with Gasteiger partial charge in [-0.2, -0.15) is 0 Å². The topological polar surface area (TPSA) is 35.5 Å². The van der Waals surface area contributed by atoms with E-state index in [2.05, 4.69) is 6.07 Å². The molecule has 132 valence electrons. The number of hydrogen-bond donors (Lipinski definition) is 0. The zero-order valence-corrected chi connectivity index (χ0v) is 14.6. The molecule has 0 aromatic heterocycles. The minimum absolute atomic E-state index is 0.279. The van der Waals surface area contributed by atoms with Gasteiger partial charge < -0.3 is 9.47 Å². The first-order chi connectivity index (χ1) is 12.8. The van der Waals surface area contributed by atoms with Crippen LogP contribution in [0.2, 0.25) is 0 Å². The van der Waals surface area contributed by atoms with Crippen LogP contribution in [0.5, 0.6) is 5.75 Å². The van der Waals surface area contributed by atoms with Gasteiger partial charge in [0, 0.05) is 0 Å². The van der Waals surface area contributed by atoms with Crippen LogP contribution in [-0.2, 0) is 17.8 Å². The maximum absolute atomic E-state index is 11.9. The van der Waals surface area contributed by atoms with E-state index in [1.807, 2.05) is 66.7 Å². The van der Waals surface area contributed by atoms with Gasteiger partial charge >= 0.3 is 5.97 Å². The van der Waals surface area contributed by atoms with E-state index in [0.717, 1.165) is 29.7 Å². The minimum Gasteiger partial charge on any atom is -0.489 e. The molecule has 0 fully saturated rings. The van der Waals surface area contributed by atoms with Gasteiger partial charge in [0.05, 0.1) is 12.2 Å². The molecule has 0 aliphatic rings. The van der Waals surface area contributed by atoms with Crippen molar-refractivity contribution in [2.75, 3.05) is 6.61 Å². The summed E-state index contributed by atoms with van der Waals surface area (Å²) < 4.78 is 11.3. The van der Waals surface area contributed by atoms with E-state index in [-0.39, 0.29) is 5.97 Å². The molecule has 0 bridgehead atoms. The molecule has 3 aromatic carbocycles. The number of carbonyl (C=O) groups excluding carboxylic acids is 1. The average molecular weight is 346 g/mol. The highest BCUT2D eigenvalue weighted by molar-refractivity contribution is 5.89. The van der Waals surface area contributed by atoms with Crippen LogP contribution in [-0.4, -0.2) is 12.6 Å². The summed E-state index contributed by atoms with van der Waals surface area (Å²) in [5, 5.41) is 0. The fraction of sp³-hybridized carbons (Fsp3) is 0.174. The lowest BCUT2D eigenvalue weighted by Crippen LogP contribution is -2.07. The molecule has 3 aromatic rings. The van der Waals surface area contributed by atoms with Crippen LogP contribution < -0.4 is 4.74 Å². The standard InChI is InChI=1S/C23H22O3/c24-23(21-13-5-2-6-14-21)25-17-9-15-20-12-7-8-16-22(20)26-18-19-10-3-1-4-11-19/h1-8,10-14,16H,9,15,17-18H2. The zero-order valence-electron chi connectivity index (χ0n) is 14.6. The van der Waals surface area contributed by atoms with Crippen LogP contribution in [0.4, 0.5) is 0 Å². The first-order valence-corrected chi connectivity index (χ1v) is 8.80. The van der Waals surface area contributed by atoms with Gasteiger partial charge in [-0.15, -0.1) is 0 Å². The highest BCUT2D eigenvalue weighted by Crippen LogP contribution is 2.21. The Morgan fingerprint density at radius 1 is 0.769 bits per heavy atom. The molecule has 0 spiro atoms. The van der Waals surface area contributed by atoms with Crippen molar-refractivity contribution in [1.29, 1.82) is 0 Å². The number of carbonyl (C=O) groups is 1. The number of rotatable bonds is 8. The Hall–Kier alpha value is -3.07. The summed E-state index contributed by atoms with van der Waals surface area (Å²) in [5.74, 6) is 0.602.